The third-order valence-electron chi connectivity index (χ3n) is 3.14. The van der Waals surface area contributed by atoms with Crippen LogP contribution in [0, 0.1) is 6.92 Å². The largest absolute Gasteiger partial charge is 1.00 e. The zero-order valence-electron chi connectivity index (χ0n) is 10.2. The predicted molar refractivity (Wildman–Crippen MR) is 70.7 cm³/mol. The van der Waals surface area contributed by atoms with Crippen LogP contribution in [0.1, 0.15) is 5.56 Å². The quantitative estimate of drug-likeness (QED) is 0.574. The minimum absolute atomic E-state index is 0. The average molecular weight is 347 g/mol. The van der Waals surface area contributed by atoms with Crippen molar-refractivity contribution in [2.24, 2.45) is 0 Å². The summed E-state index contributed by atoms with van der Waals surface area (Å²) < 4.78 is 0. The number of aromatic amines is 1. The van der Waals surface area contributed by atoms with Gasteiger partial charge in [0.05, 0.1) is 5.39 Å². The smallest absolute Gasteiger partial charge is 0.218 e. The first-order valence-corrected chi connectivity index (χ1v) is 5.82. The Labute approximate surface area is 124 Å². The number of aryl methyl sites for hydroxylation is 1. The van der Waals surface area contributed by atoms with E-state index in [1.54, 1.807) is 0 Å². The van der Waals surface area contributed by atoms with Gasteiger partial charge in [0.25, 0.3) is 0 Å². The Morgan fingerprint density at radius 1 is 0.833 bits per heavy atom. The molecular weight excluding hydrogens is 333 g/mol. The first-order valence-electron chi connectivity index (χ1n) is 5.82. The molecule has 0 aliphatic rings. The highest BCUT2D eigenvalue weighted by Crippen LogP contribution is 2.26. The van der Waals surface area contributed by atoms with Gasteiger partial charge in [-0.05, 0) is 30.0 Å². The van der Waals surface area contributed by atoms with Crippen molar-refractivity contribution in [3.63, 3.8) is 0 Å². The Morgan fingerprint density at radius 3 is 2.39 bits per heavy atom. The molecule has 0 bridgehead atoms. The van der Waals surface area contributed by atoms with E-state index in [1.807, 2.05) is 6.20 Å². The van der Waals surface area contributed by atoms with E-state index in [1.165, 1.54) is 27.6 Å². The standard InChI is InChI=1S/C16H13N.HI/c1-12-6-2-4-8-14(12)16-15-9-5-3-7-13(15)10-11-17-16;/h2-11H,1H3;1H. The van der Waals surface area contributed by atoms with Crippen molar-refractivity contribution < 1.29 is 29.0 Å². The van der Waals surface area contributed by atoms with E-state index in [4.69, 9.17) is 0 Å². The maximum absolute atomic E-state index is 3.37. The highest BCUT2D eigenvalue weighted by molar-refractivity contribution is 5.93. The monoisotopic (exact) mass is 347 g/mol. The number of pyridine rings is 1. The molecule has 3 aromatic rings. The molecule has 2 heteroatoms. The molecule has 0 radical (unpaired) electrons. The maximum atomic E-state index is 3.37. The fourth-order valence-electron chi connectivity index (χ4n) is 2.24. The van der Waals surface area contributed by atoms with Gasteiger partial charge in [0.2, 0.25) is 5.69 Å². The van der Waals surface area contributed by atoms with E-state index in [-0.39, 0.29) is 24.0 Å². The van der Waals surface area contributed by atoms with E-state index in [2.05, 4.69) is 66.5 Å². The van der Waals surface area contributed by atoms with E-state index >= 15 is 0 Å². The number of H-pyrrole nitrogens is 1. The van der Waals surface area contributed by atoms with E-state index in [0.29, 0.717) is 0 Å². The maximum Gasteiger partial charge on any atom is 0.218 e. The number of nitrogens with one attached hydrogen (secondary N) is 1. The van der Waals surface area contributed by atoms with Crippen LogP contribution in [0.2, 0.25) is 0 Å². The fraction of sp³-hybridized carbons (Fsp3) is 0.0625. The molecular formula is C16H14IN. The van der Waals surface area contributed by atoms with Crippen molar-refractivity contribution in [3.8, 4) is 11.3 Å². The molecule has 2 aromatic carbocycles. The van der Waals surface area contributed by atoms with Gasteiger partial charge in [-0.3, -0.25) is 0 Å². The summed E-state index contributed by atoms with van der Waals surface area (Å²) in [4.78, 5) is 3.37. The van der Waals surface area contributed by atoms with Crippen LogP contribution >= 0.6 is 0 Å². The molecule has 0 amide bonds. The number of fused-ring (bicyclic) bond motifs is 1. The Hall–Kier alpha value is -1.42. The molecule has 0 saturated carbocycles. The Bertz CT molecular complexity index is 671. The van der Waals surface area contributed by atoms with Crippen LogP contribution in [0.4, 0.5) is 0 Å². The summed E-state index contributed by atoms with van der Waals surface area (Å²) in [6.45, 7) is 2.14. The summed E-state index contributed by atoms with van der Waals surface area (Å²) in [6.07, 6.45) is 2.00. The first-order chi connectivity index (χ1) is 8.36. The molecule has 0 fully saturated rings. The van der Waals surface area contributed by atoms with Crippen molar-refractivity contribution in [3.05, 3.63) is 66.4 Å². The summed E-state index contributed by atoms with van der Waals surface area (Å²) in [7, 11) is 0. The van der Waals surface area contributed by atoms with Gasteiger partial charge in [0.15, 0.2) is 6.20 Å². The molecule has 0 saturated heterocycles. The van der Waals surface area contributed by atoms with Crippen LogP contribution in [0.3, 0.4) is 0 Å². The molecule has 90 valence electrons. The van der Waals surface area contributed by atoms with E-state index in [0.717, 1.165) is 0 Å². The molecule has 1 heterocycles. The zero-order chi connectivity index (χ0) is 11.7. The molecule has 0 unspecified atom stereocenters. The van der Waals surface area contributed by atoms with Gasteiger partial charge >= 0.3 is 0 Å². The molecule has 18 heavy (non-hydrogen) atoms. The molecule has 0 aliphatic carbocycles. The first kappa shape index (κ1) is 13.0. The van der Waals surface area contributed by atoms with Crippen LogP contribution in [-0.2, 0) is 0 Å². The van der Waals surface area contributed by atoms with Crippen molar-refractivity contribution >= 4 is 10.8 Å². The SMILES string of the molecule is Cc1ccccc1-c1[nH+]ccc2ccccc12.[I-]. The van der Waals surface area contributed by atoms with Crippen molar-refractivity contribution in [2.75, 3.05) is 0 Å². The second-order valence-corrected chi connectivity index (χ2v) is 4.25. The van der Waals surface area contributed by atoms with Crippen molar-refractivity contribution in [2.45, 2.75) is 6.92 Å². The van der Waals surface area contributed by atoms with Crippen LogP contribution < -0.4 is 29.0 Å². The number of aromatic nitrogens is 1. The normalized spacial score (nSPS) is 10.1. The topological polar surface area (TPSA) is 14.1 Å². The number of hydrogen-bond donors (Lipinski definition) is 0. The number of benzene rings is 2. The second kappa shape index (κ2) is 5.48. The van der Waals surface area contributed by atoms with Crippen LogP contribution in [0.5, 0.6) is 0 Å². The summed E-state index contributed by atoms with van der Waals surface area (Å²) in [5, 5.41) is 2.54. The van der Waals surface area contributed by atoms with Crippen LogP contribution in [0.25, 0.3) is 22.0 Å². The summed E-state index contributed by atoms with van der Waals surface area (Å²) in [6, 6.07) is 19.0. The van der Waals surface area contributed by atoms with E-state index in [9.17, 15) is 0 Å². The lowest BCUT2D eigenvalue weighted by Crippen LogP contribution is -3.00. The Kier molecular flexibility index (Phi) is 3.97. The van der Waals surface area contributed by atoms with Crippen LogP contribution in [0.15, 0.2) is 60.8 Å². The van der Waals surface area contributed by atoms with Gasteiger partial charge in [0, 0.05) is 11.6 Å². The lowest BCUT2D eigenvalue weighted by molar-refractivity contribution is -0.362. The third kappa shape index (κ3) is 2.25. The number of rotatable bonds is 1. The minimum atomic E-state index is 0. The Balaban J connectivity index is 0.00000120. The number of halogens is 1. The lowest BCUT2D eigenvalue weighted by atomic mass is 10.0. The van der Waals surface area contributed by atoms with Gasteiger partial charge in [-0.1, -0.05) is 36.4 Å². The van der Waals surface area contributed by atoms with E-state index < -0.39 is 0 Å². The van der Waals surface area contributed by atoms with Gasteiger partial charge in [-0.2, -0.15) is 0 Å². The van der Waals surface area contributed by atoms with Gasteiger partial charge < -0.3 is 24.0 Å². The van der Waals surface area contributed by atoms with Gasteiger partial charge in [0.1, 0.15) is 0 Å². The minimum Gasteiger partial charge on any atom is -1.00 e. The summed E-state index contributed by atoms with van der Waals surface area (Å²) >= 11 is 0. The third-order valence-corrected chi connectivity index (χ3v) is 3.14. The molecule has 1 aromatic heterocycles. The lowest BCUT2D eigenvalue weighted by Gasteiger charge is -2.03. The molecule has 3 rings (SSSR count). The summed E-state index contributed by atoms with van der Waals surface area (Å²) in [5.41, 5.74) is 3.76. The van der Waals surface area contributed by atoms with Crippen LogP contribution in [-0.4, -0.2) is 0 Å². The predicted octanol–water partition coefficient (Wildman–Crippen LogP) is 0.633. The van der Waals surface area contributed by atoms with Crippen molar-refractivity contribution in [1.29, 1.82) is 0 Å². The number of hydrogen-bond acceptors (Lipinski definition) is 0. The van der Waals surface area contributed by atoms with Gasteiger partial charge in [-0.25, -0.2) is 4.98 Å². The highest BCUT2D eigenvalue weighted by atomic mass is 127. The molecule has 1 N–H and O–H groups in total. The zero-order valence-corrected chi connectivity index (χ0v) is 12.3. The second-order valence-electron chi connectivity index (χ2n) is 4.25. The highest BCUT2D eigenvalue weighted by Gasteiger charge is 2.11. The summed E-state index contributed by atoms with van der Waals surface area (Å²) in [5.74, 6) is 0. The Morgan fingerprint density at radius 2 is 1.56 bits per heavy atom. The molecule has 0 atom stereocenters. The molecule has 0 aliphatic heterocycles. The molecule has 1 nitrogen and oxygen atoms in total. The molecule has 0 spiro atoms. The fourth-order valence-corrected chi connectivity index (χ4v) is 2.24. The van der Waals surface area contributed by atoms with Crippen molar-refractivity contribution in [1.82, 2.24) is 0 Å². The average Bonchev–Trinajstić information content (AvgIpc) is 2.39. The van der Waals surface area contributed by atoms with Gasteiger partial charge in [-0.15, -0.1) is 0 Å².